The number of benzene rings is 3. The van der Waals surface area contributed by atoms with Crippen molar-refractivity contribution in [2.45, 2.75) is 46.1 Å². The molecule has 1 aromatic heterocycles. The molecule has 2 N–H and O–H groups in total. The Morgan fingerprint density at radius 2 is 1.77 bits per heavy atom. The number of hydrogen-bond donors (Lipinski definition) is 2. The number of hydrogen-bond acceptors (Lipinski definition) is 5. The highest BCUT2D eigenvalue weighted by molar-refractivity contribution is 6.07. The van der Waals surface area contributed by atoms with E-state index >= 15 is 0 Å². The fourth-order valence-electron chi connectivity index (χ4n) is 5.00. The van der Waals surface area contributed by atoms with Crippen molar-refractivity contribution in [2.75, 3.05) is 43.5 Å². The van der Waals surface area contributed by atoms with Crippen LogP contribution in [0.15, 0.2) is 66.9 Å². The SMILES string of the molecule is Cc1ccc(C(C)(C)C)cc1-n1nccc1NC(=O)Nc1ccc(OCC(C)N2CCOCC2)c2ccccc12. The van der Waals surface area contributed by atoms with Gasteiger partial charge < -0.3 is 14.8 Å². The van der Waals surface area contributed by atoms with Gasteiger partial charge in [0.2, 0.25) is 0 Å². The van der Waals surface area contributed by atoms with E-state index in [-0.39, 0.29) is 17.5 Å². The summed E-state index contributed by atoms with van der Waals surface area (Å²) in [7, 11) is 0. The van der Waals surface area contributed by atoms with Gasteiger partial charge in [0.1, 0.15) is 18.2 Å². The average Bonchev–Trinajstić information content (AvgIpc) is 3.40. The van der Waals surface area contributed by atoms with Crippen molar-refractivity contribution < 1.29 is 14.3 Å². The number of morpholine rings is 1. The number of nitrogens with one attached hydrogen (secondary N) is 2. The number of carbonyl (C=O) groups is 1. The summed E-state index contributed by atoms with van der Waals surface area (Å²) in [6.45, 7) is 14.7. The van der Waals surface area contributed by atoms with Crippen molar-refractivity contribution in [1.82, 2.24) is 14.7 Å². The van der Waals surface area contributed by atoms with Crippen LogP contribution in [0, 0.1) is 6.92 Å². The quantitative estimate of drug-likeness (QED) is 0.284. The van der Waals surface area contributed by atoms with E-state index in [4.69, 9.17) is 9.47 Å². The molecule has 2 amide bonds. The largest absolute Gasteiger partial charge is 0.491 e. The van der Waals surface area contributed by atoms with Gasteiger partial charge in [0.15, 0.2) is 0 Å². The van der Waals surface area contributed by atoms with Crippen LogP contribution in [0.3, 0.4) is 0 Å². The molecule has 1 aliphatic rings. The number of carbonyl (C=O) groups excluding carboxylic acids is 1. The van der Waals surface area contributed by atoms with Crippen LogP contribution in [0.25, 0.3) is 16.5 Å². The van der Waals surface area contributed by atoms with Crippen LogP contribution in [0.2, 0.25) is 0 Å². The predicted molar refractivity (Wildman–Crippen MR) is 161 cm³/mol. The van der Waals surface area contributed by atoms with Crippen LogP contribution in [0.5, 0.6) is 5.75 Å². The minimum Gasteiger partial charge on any atom is -0.491 e. The summed E-state index contributed by atoms with van der Waals surface area (Å²) >= 11 is 0. The summed E-state index contributed by atoms with van der Waals surface area (Å²) in [6, 6.07) is 19.9. The lowest BCUT2D eigenvalue weighted by atomic mass is 9.86. The molecule has 3 aromatic carbocycles. The number of urea groups is 1. The van der Waals surface area contributed by atoms with Gasteiger partial charge in [-0.05, 0) is 48.6 Å². The summed E-state index contributed by atoms with van der Waals surface area (Å²) < 4.78 is 13.5. The van der Waals surface area contributed by atoms with Crippen LogP contribution < -0.4 is 15.4 Å². The lowest BCUT2D eigenvalue weighted by molar-refractivity contribution is 0.0106. The zero-order valence-electron chi connectivity index (χ0n) is 24.0. The number of ether oxygens (including phenoxy) is 2. The Morgan fingerprint density at radius 3 is 2.52 bits per heavy atom. The molecular weight excluding hydrogens is 502 g/mol. The lowest BCUT2D eigenvalue weighted by Crippen LogP contribution is -2.44. The maximum absolute atomic E-state index is 13.2. The molecule has 0 saturated carbocycles. The molecule has 0 radical (unpaired) electrons. The van der Waals surface area contributed by atoms with Gasteiger partial charge in [-0.3, -0.25) is 10.2 Å². The smallest absolute Gasteiger partial charge is 0.324 e. The Hall–Kier alpha value is -3.88. The first kappa shape index (κ1) is 27.7. The highest BCUT2D eigenvalue weighted by Crippen LogP contribution is 2.32. The van der Waals surface area contributed by atoms with E-state index in [1.807, 2.05) is 43.3 Å². The molecule has 1 atom stereocenters. The molecule has 2 heterocycles. The van der Waals surface area contributed by atoms with Crippen molar-refractivity contribution >= 4 is 28.3 Å². The number of aryl methyl sites for hydroxylation is 1. The maximum atomic E-state index is 13.2. The standard InChI is InChI=1S/C32H39N5O3/c1-22-10-11-24(32(3,4)5)20-28(22)37-30(14-15-33-37)35-31(38)34-27-12-13-29(26-9-7-6-8-25(26)27)40-21-23(2)36-16-18-39-19-17-36/h6-15,20,23H,16-19,21H2,1-5H3,(H2,34,35,38). The second kappa shape index (κ2) is 11.7. The first-order chi connectivity index (χ1) is 19.2. The molecule has 1 fully saturated rings. The Labute approximate surface area is 236 Å². The topological polar surface area (TPSA) is 80.7 Å². The molecule has 1 saturated heterocycles. The third-order valence-corrected chi connectivity index (χ3v) is 7.47. The highest BCUT2D eigenvalue weighted by atomic mass is 16.5. The Bertz CT molecular complexity index is 1480. The summed E-state index contributed by atoms with van der Waals surface area (Å²) in [5, 5.41) is 12.4. The molecule has 8 heteroatoms. The molecular formula is C32H39N5O3. The van der Waals surface area contributed by atoms with Gasteiger partial charge in [0.25, 0.3) is 0 Å². The van der Waals surface area contributed by atoms with Gasteiger partial charge in [-0.1, -0.05) is 57.2 Å². The van der Waals surface area contributed by atoms with Gasteiger partial charge in [0, 0.05) is 36.0 Å². The molecule has 40 heavy (non-hydrogen) atoms. The maximum Gasteiger partial charge on any atom is 0.324 e. The lowest BCUT2D eigenvalue weighted by Gasteiger charge is -2.32. The number of aromatic nitrogens is 2. The first-order valence-electron chi connectivity index (χ1n) is 13.9. The Kier molecular flexibility index (Phi) is 8.09. The molecule has 5 rings (SSSR count). The van der Waals surface area contributed by atoms with Crippen molar-refractivity contribution in [1.29, 1.82) is 0 Å². The molecule has 0 aliphatic carbocycles. The Morgan fingerprint density at radius 1 is 1.02 bits per heavy atom. The summed E-state index contributed by atoms with van der Waals surface area (Å²) in [6.07, 6.45) is 1.69. The van der Waals surface area contributed by atoms with Crippen LogP contribution in [0.4, 0.5) is 16.3 Å². The highest BCUT2D eigenvalue weighted by Gasteiger charge is 2.19. The van der Waals surface area contributed by atoms with Crippen molar-refractivity contribution in [2.24, 2.45) is 0 Å². The average molecular weight is 542 g/mol. The molecule has 8 nitrogen and oxygen atoms in total. The van der Waals surface area contributed by atoms with E-state index in [0.717, 1.165) is 54.1 Å². The van der Waals surface area contributed by atoms with E-state index in [2.05, 4.69) is 66.5 Å². The van der Waals surface area contributed by atoms with Crippen molar-refractivity contribution in [3.63, 3.8) is 0 Å². The normalized spacial score (nSPS) is 15.1. The second-order valence-electron chi connectivity index (χ2n) is 11.4. The Balaban J connectivity index is 1.31. The summed E-state index contributed by atoms with van der Waals surface area (Å²) in [5.74, 6) is 1.39. The number of rotatable bonds is 7. The summed E-state index contributed by atoms with van der Waals surface area (Å²) in [4.78, 5) is 15.6. The number of nitrogens with zero attached hydrogens (tertiary/aromatic N) is 3. The van der Waals surface area contributed by atoms with Crippen LogP contribution in [0.1, 0.15) is 38.8 Å². The van der Waals surface area contributed by atoms with Gasteiger partial charge in [-0.25, -0.2) is 9.48 Å². The van der Waals surface area contributed by atoms with E-state index in [9.17, 15) is 4.79 Å². The summed E-state index contributed by atoms with van der Waals surface area (Å²) in [5.41, 5.74) is 3.92. The fraction of sp³-hybridized carbons (Fsp3) is 0.375. The minimum atomic E-state index is -0.342. The van der Waals surface area contributed by atoms with Gasteiger partial charge >= 0.3 is 6.03 Å². The third kappa shape index (κ3) is 6.13. The number of fused-ring (bicyclic) bond motifs is 1. The van der Waals surface area contributed by atoms with Gasteiger partial charge in [-0.15, -0.1) is 0 Å². The third-order valence-electron chi connectivity index (χ3n) is 7.47. The molecule has 0 bridgehead atoms. The van der Waals surface area contributed by atoms with Gasteiger partial charge in [-0.2, -0.15) is 5.10 Å². The van der Waals surface area contributed by atoms with E-state index in [1.165, 1.54) is 5.56 Å². The fourth-order valence-corrected chi connectivity index (χ4v) is 5.00. The van der Waals surface area contributed by atoms with Crippen molar-refractivity contribution in [3.05, 3.63) is 78.0 Å². The van der Waals surface area contributed by atoms with Crippen LogP contribution >= 0.6 is 0 Å². The van der Waals surface area contributed by atoms with Crippen LogP contribution in [-0.2, 0) is 10.2 Å². The predicted octanol–water partition coefficient (Wildman–Crippen LogP) is 6.37. The van der Waals surface area contributed by atoms with Crippen LogP contribution in [-0.4, -0.2) is 59.7 Å². The second-order valence-corrected chi connectivity index (χ2v) is 11.4. The minimum absolute atomic E-state index is 0.00193. The number of amides is 2. The van der Waals surface area contributed by atoms with Gasteiger partial charge in [0.05, 0.1) is 30.8 Å². The zero-order chi connectivity index (χ0) is 28.3. The monoisotopic (exact) mass is 541 g/mol. The molecule has 1 aliphatic heterocycles. The first-order valence-corrected chi connectivity index (χ1v) is 13.9. The molecule has 210 valence electrons. The van der Waals surface area contributed by atoms with E-state index in [0.29, 0.717) is 18.1 Å². The zero-order valence-corrected chi connectivity index (χ0v) is 24.0. The van der Waals surface area contributed by atoms with Crippen molar-refractivity contribution in [3.8, 4) is 11.4 Å². The van der Waals surface area contributed by atoms with E-state index in [1.54, 1.807) is 16.9 Å². The number of anilines is 2. The molecule has 4 aromatic rings. The van der Waals surface area contributed by atoms with E-state index < -0.39 is 0 Å². The molecule has 0 spiro atoms. The molecule has 1 unspecified atom stereocenters.